The maximum Gasteiger partial charge on any atom is 0.250 e. The molecule has 1 aliphatic carbocycles. The van der Waals surface area contributed by atoms with Crippen molar-refractivity contribution in [2.24, 2.45) is 5.92 Å². The number of methoxy groups -OCH3 is 1. The van der Waals surface area contributed by atoms with Gasteiger partial charge in [0.05, 0.1) is 30.2 Å². The predicted octanol–water partition coefficient (Wildman–Crippen LogP) is 4.03. The molecule has 0 radical (unpaired) electrons. The number of nitrogens with zero attached hydrogens (tertiary/aromatic N) is 4. The first-order valence-corrected chi connectivity index (χ1v) is 13.4. The van der Waals surface area contributed by atoms with Crippen molar-refractivity contribution < 1.29 is 28.5 Å². The molecule has 0 spiro atoms. The van der Waals surface area contributed by atoms with Crippen LogP contribution >= 0.6 is 0 Å². The van der Waals surface area contributed by atoms with E-state index in [1.54, 1.807) is 24.3 Å². The summed E-state index contributed by atoms with van der Waals surface area (Å²) in [5, 5.41) is 43.5. The number of likely N-dealkylation sites (tertiary alicyclic amines) is 1. The van der Waals surface area contributed by atoms with Crippen LogP contribution < -0.4 is 9.47 Å². The predicted molar refractivity (Wildman–Crippen MR) is 142 cm³/mol. The minimum atomic E-state index is -2.75. The average molecular weight is 559 g/mol. The Balaban J connectivity index is 1.59. The maximum absolute atomic E-state index is 14.0. The van der Waals surface area contributed by atoms with Gasteiger partial charge in [0.25, 0.3) is 5.92 Å². The number of nitriles is 2. The fourth-order valence-corrected chi connectivity index (χ4v) is 6.99. The fraction of sp³-hybridized carbons (Fsp3) is 0.387. The van der Waals surface area contributed by atoms with Crippen molar-refractivity contribution in [2.75, 3.05) is 26.7 Å². The molecular formula is C31H28F2N4O4. The van der Waals surface area contributed by atoms with E-state index in [0.29, 0.717) is 16.7 Å². The highest BCUT2D eigenvalue weighted by molar-refractivity contribution is 5.59. The van der Waals surface area contributed by atoms with Crippen LogP contribution in [0.2, 0.25) is 0 Å². The Hall–Kier alpha value is -4.09. The van der Waals surface area contributed by atoms with Gasteiger partial charge < -0.3 is 24.6 Å². The van der Waals surface area contributed by atoms with E-state index < -0.39 is 35.1 Å². The molecule has 2 fully saturated rings. The standard InChI is InChI=1S/C31H28F2N4O4/c1-40-28-25-24(15-22(17-35)36-28)41-30(21-9-7-19(16-34)8-10-21)26(20-5-3-2-4-6-20)23(31(38,39)27(25)30)18-37-13-11-29(32,33)12-14-37/h2-10,15,23,26-27,38-39H,11-14,18H2,1H3/t23-,26-,27+,30-/m1/s1. The Morgan fingerprint density at radius 3 is 2.34 bits per heavy atom. The molecular weight excluding hydrogens is 530 g/mol. The van der Waals surface area contributed by atoms with E-state index in [0.717, 1.165) is 5.56 Å². The first kappa shape index (κ1) is 27.1. The van der Waals surface area contributed by atoms with E-state index in [-0.39, 0.29) is 49.8 Å². The number of benzene rings is 2. The number of pyridine rings is 1. The van der Waals surface area contributed by atoms with E-state index >= 15 is 0 Å². The van der Waals surface area contributed by atoms with E-state index in [2.05, 4.69) is 11.1 Å². The molecule has 4 atom stereocenters. The monoisotopic (exact) mass is 558 g/mol. The number of hydrogen-bond acceptors (Lipinski definition) is 8. The fourth-order valence-electron chi connectivity index (χ4n) is 6.99. The van der Waals surface area contributed by atoms with Crippen molar-refractivity contribution in [3.05, 3.63) is 88.6 Å². The molecule has 210 valence electrons. The first-order valence-electron chi connectivity index (χ1n) is 13.4. The van der Waals surface area contributed by atoms with Gasteiger partial charge >= 0.3 is 0 Å². The third-order valence-electron chi connectivity index (χ3n) is 8.79. The second kappa shape index (κ2) is 9.78. The van der Waals surface area contributed by atoms with Gasteiger partial charge in [-0.05, 0) is 23.3 Å². The molecule has 1 aromatic heterocycles. The molecule has 41 heavy (non-hydrogen) atoms. The Kier molecular flexibility index (Phi) is 6.46. The highest BCUT2D eigenvalue weighted by atomic mass is 19.3. The molecule has 2 aromatic carbocycles. The highest BCUT2D eigenvalue weighted by Gasteiger charge is 2.74. The van der Waals surface area contributed by atoms with Crippen LogP contribution in [0, 0.1) is 28.6 Å². The second-order valence-electron chi connectivity index (χ2n) is 11.0. The molecule has 6 rings (SSSR count). The van der Waals surface area contributed by atoms with Crippen molar-refractivity contribution in [1.82, 2.24) is 9.88 Å². The largest absolute Gasteiger partial charge is 0.481 e. The average Bonchev–Trinajstić information content (AvgIpc) is 3.42. The third kappa shape index (κ3) is 4.22. The van der Waals surface area contributed by atoms with Gasteiger partial charge in [-0.1, -0.05) is 42.5 Å². The lowest BCUT2D eigenvalue weighted by molar-refractivity contribution is -0.207. The Morgan fingerprint density at radius 1 is 1.05 bits per heavy atom. The first-order chi connectivity index (χ1) is 19.6. The summed E-state index contributed by atoms with van der Waals surface area (Å²) < 4.78 is 40.4. The minimum Gasteiger partial charge on any atom is -0.481 e. The number of alkyl halides is 2. The molecule has 8 nitrogen and oxygen atoms in total. The van der Waals surface area contributed by atoms with Crippen LogP contribution in [0.15, 0.2) is 60.7 Å². The number of ether oxygens (including phenoxy) is 2. The number of aliphatic hydroxyl groups is 2. The number of fused-ring (bicyclic) bond motifs is 3. The third-order valence-corrected chi connectivity index (χ3v) is 8.79. The molecule has 1 saturated heterocycles. The van der Waals surface area contributed by atoms with Gasteiger partial charge in [0, 0.05) is 50.4 Å². The molecule has 3 heterocycles. The number of hydrogen-bond donors (Lipinski definition) is 2. The molecule has 0 amide bonds. The van der Waals surface area contributed by atoms with Crippen LogP contribution in [-0.2, 0) is 5.60 Å². The summed E-state index contributed by atoms with van der Waals surface area (Å²) in [6.45, 7) is 0.356. The summed E-state index contributed by atoms with van der Waals surface area (Å²) >= 11 is 0. The summed E-state index contributed by atoms with van der Waals surface area (Å²) in [5.41, 5.74) is 0.706. The quantitative estimate of drug-likeness (QED) is 0.450. The van der Waals surface area contributed by atoms with E-state index in [9.17, 15) is 29.5 Å². The van der Waals surface area contributed by atoms with E-state index in [1.807, 2.05) is 41.3 Å². The summed E-state index contributed by atoms with van der Waals surface area (Å²) in [6, 6.07) is 21.6. The van der Waals surface area contributed by atoms with Crippen molar-refractivity contribution >= 4 is 0 Å². The number of aromatic nitrogens is 1. The summed E-state index contributed by atoms with van der Waals surface area (Å²) in [7, 11) is 1.39. The van der Waals surface area contributed by atoms with Crippen LogP contribution in [0.25, 0.3) is 0 Å². The second-order valence-corrected chi connectivity index (χ2v) is 11.0. The van der Waals surface area contributed by atoms with Gasteiger partial charge in [-0.3, -0.25) is 0 Å². The zero-order valence-electron chi connectivity index (χ0n) is 22.3. The Bertz CT molecular complexity index is 1540. The highest BCUT2D eigenvalue weighted by Crippen LogP contribution is 2.70. The summed E-state index contributed by atoms with van der Waals surface area (Å²) in [4.78, 5) is 6.14. The van der Waals surface area contributed by atoms with Crippen LogP contribution in [0.4, 0.5) is 8.78 Å². The number of piperidine rings is 1. The molecule has 0 unspecified atom stereocenters. The van der Waals surface area contributed by atoms with Gasteiger partial charge in [-0.2, -0.15) is 10.5 Å². The number of rotatable bonds is 5. The van der Waals surface area contributed by atoms with Gasteiger partial charge in [-0.15, -0.1) is 0 Å². The lowest BCUT2D eigenvalue weighted by Crippen LogP contribution is -2.48. The van der Waals surface area contributed by atoms with Crippen molar-refractivity contribution in [2.45, 2.75) is 42.0 Å². The van der Waals surface area contributed by atoms with Gasteiger partial charge in [0.1, 0.15) is 17.5 Å². The molecule has 0 bridgehead atoms. The molecule has 2 aliphatic heterocycles. The molecule has 2 N–H and O–H groups in total. The van der Waals surface area contributed by atoms with Crippen LogP contribution in [0.1, 0.15) is 52.6 Å². The van der Waals surface area contributed by atoms with Crippen LogP contribution in [0.3, 0.4) is 0 Å². The van der Waals surface area contributed by atoms with Crippen LogP contribution in [0.5, 0.6) is 11.6 Å². The van der Waals surface area contributed by atoms with Crippen molar-refractivity contribution in [3.63, 3.8) is 0 Å². The minimum absolute atomic E-state index is 0.0390. The number of halogens is 2. The van der Waals surface area contributed by atoms with Crippen molar-refractivity contribution in [1.29, 1.82) is 10.5 Å². The van der Waals surface area contributed by atoms with E-state index in [1.165, 1.54) is 13.2 Å². The summed E-state index contributed by atoms with van der Waals surface area (Å²) in [6.07, 6.45) is -0.616. The van der Waals surface area contributed by atoms with Gasteiger partial charge in [0.15, 0.2) is 11.4 Å². The van der Waals surface area contributed by atoms with Crippen LogP contribution in [-0.4, -0.2) is 58.6 Å². The van der Waals surface area contributed by atoms with E-state index in [4.69, 9.17) is 9.47 Å². The van der Waals surface area contributed by atoms with Gasteiger partial charge in [0.2, 0.25) is 5.88 Å². The smallest absolute Gasteiger partial charge is 0.250 e. The zero-order valence-corrected chi connectivity index (χ0v) is 22.3. The maximum atomic E-state index is 14.0. The zero-order chi connectivity index (χ0) is 29.0. The lowest BCUT2D eigenvalue weighted by atomic mass is 9.72. The topological polar surface area (TPSA) is 123 Å². The molecule has 3 aromatic rings. The molecule has 1 saturated carbocycles. The molecule has 10 heteroatoms. The SMILES string of the molecule is COc1nc(C#N)cc2c1[C@@H]1C(O)(O)[C@H](CN3CCC(F)(F)CC3)[C@@H](c3ccccc3)[C@@]1(c1ccc(C#N)cc1)O2. The van der Waals surface area contributed by atoms with Crippen molar-refractivity contribution in [3.8, 4) is 23.8 Å². The molecule has 3 aliphatic rings. The summed E-state index contributed by atoms with van der Waals surface area (Å²) in [5.74, 6) is -7.57. The Morgan fingerprint density at radius 2 is 1.73 bits per heavy atom. The Labute approximate surface area is 236 Å². The normalized spacial score (nSPS) is 27.6. The van der Waals surface area contributed by atoms with Gasteiger partial charge in [-0.25, -0.2) is 13.8 Å². The lowest BCUT2D eigenvalue weighted by Gasteiger charge is -2.39.